The van der Waals surface area contributed by atoms with Gasteiger partial charge in [-0.1, -0.05) is 29.8 Å². The molecule has 2 aromatic carbocycles. The lowest BCUT2D eigenvalue weighted by Gasteiger charge is -2.08. The molecule has 0 aliphatic rings. The van der Waals surface area contributed by atoms with Crippen LogP contribution in [0.25, 0.3) is 0 Å². The van der Waals surface area contributed by atoms with Gasteiger partial charge >= 0.3 is 0 Å². The first kappa shape index (κ1) is 12.0. The Hall–Kier alpha value is -1.47. The lowest BCUT2D eigenvalue weighted by molar-refractivity contribution is 0.306. The number of rotatable bonds is 3. The van der Waals surface area contributed by atoms with Gasteiger partial charge < -0.3 is 4.74 Å². The van der Waals surface area contributed by atoms with E-state index in [1.807, 2.05) is 36.4 Å². The summed E-state index contributed by atoms with van der Waals surface area (Å²) in [4.78, 5) is 0. The second-order valence-corrected chi connectivity index (χ2v) is 4.67. The molecule has 0 atom stereocenters. The fourth-order valence-electron chi connectivity index (χ4n) is 1.76. The van der Waals surface area contributed by atoms with Gasteiger partial charge in [0.05, 0.1) is 0 Å². The Morgan fingerprint density at radius 1 is 0.941 bits per heavy atom. The zero-order valence-corrected chi connectivity index (χ0v) is 10.8. The average Bonchev–Trinajstić information content (AvgIpc) is 2.27. The third kappa shape index (κ3) is 3.50. The van der Waals surface area contributed by atoms with Crippen molar-refractivity contribution in [3.63, 3.8) is 0 Å². The molecule has 0 saturated heterocycles. The second kappa shape index (κ2) is 5.24. The number of hydrogen-bond acceptors (Lipinski definition) is 1. The van der Waals surface area contributed by atoms with Crippen molar-refractivity contribution in [2.24, 2.45) is 0 Å². The Morgan fingerprint density at radius 3 is 2.12 bits per heavy atom. The Bertz CT molecular complexity index is 483. The summed E-state index contributed by atoms with van der Waals surface area (Å²) in [6.07, 6.45) is 0. The first-order valence-electron chi connectivity index (χ1n) is 5.59. The monoisotopic (exact) mass is 246 g/mol. The van der Waals surface area contributed by atoms with Crippen molar-refractivity contribution >= 4 is 11.6 Å². The van der Waals surface area contributed by atoms with Crippen molar-refractivity contribution in [1.82, 2.24) is 0 Å². The van der Waals surface area contributed by atoms with Crippen LogP contribution in [0.4, 0.5) is 0 Å². The summed E-state index contributed by atoms with van der Waals surface area (Å²) in [5, 5.41) is 0.750. The summed E-state index contributed by atoms with van der Waals surface area (Å²) in [6.45, 7) is 4.71. The summed E-state index contributed by atoms with van der Waals surface area (Å²) < 4.78 is 5.75. The molecule has 0 aliphatic heterocycles. The molecule has 0 radical (unpaired) electrons. The largest absolute Gasteiger partial charge is 0.489 e. The molecule has 0 saturated carbocycles. The van der Waals surface area contributed by atoms with Crippen LogP contribution in [0.3, 0.4) is 0 Å². The van der Waals surface area contributed by atoms with E-state index in [0.29, 0.717) is 6.61 Å². The van der Waals surface area contributed by atoms with Crippen LogP contribution in [0.15, 0.2) is 42.5 Å². The minimum absolute atomic E-state index is 0.570. The van der Waals surface area contributed by atoms with E-state index in [4.69, 9.17) is 16.3 Å². The van der Waals surface area contributed by atoms with E-state index in [2.05, 4.69) is 19.9 Å². The van der Waals surface area contributed by atoms with Crippen LogP contribution < -0.4 is 4.74 Å². The summed E-state index contributed by atoms with van der Waals surface area (Å²) >= 11 is 5.83. The van der Waals surface area contributed by atoms with Gasteiger partial charge in [0.15, 0.2) is 0 Å². The van der Waals surface area contributed by atoms with E-state index < -0.39 is 0 Å². The smallest absolute Gasteiger partial charge is 0.120 e. The maximum atomic E-state index is 5.83. The van der Waals surface area contributed by atoms with Gasteiger partial charge in [0.2, 0.25) is 0 Å². The van der Waals surface area contributed by atoms with Crippen molar-refractivity contribution in [3.8, 4) is 5.75 Å². The molecule has 2 heteroatoms. The van der Waals surface area contributed by atoms with E-state index in [1.54, 1.807) is 0 Å². The van der Waals surface area contributed by atoms with Crippen LogP contribution in [0, 0.1) is 13.8 Å². The van der Waals surface area contributed by atoms with Gasteiger partial charge in [0.1, 0.15) is 12.4 Å². The van der Waals surface area contributed by atoms with E-state index in [9.17, 15) is 0 Å². The highest BCUT2D eigenvalue weighted by Gasteiger charge is 1.98. The molecule has 0 N–H and O–H groups in total. The zero-order chi connectivity index (χ0) is 12.3. The van der Waals surface area contributed by atoms with Gasteiger partial charge in [0.25, 0.3) is 0 Å². The molecule has 17 heavy (non-hydrogen) atoms. The highest BCUT2D eigenvalue weighted by Crippen LogP contribution is 2.18. The molecule has 0 fully saturated rings. The number of hydrogen-bond donors (Lipinski definition) is 0. The van der Waals surface area contributed by atoms with Crippen LogP contribution in [-0.4, -0.2) is 0 Å². The van der Waals surface area contributed by atoms with Gasteiger partial charge in [-0.25, -0.2) is 0 Å². The normalized spacial score (nSPS) is 10.3. The van der Waals surface area contributed by atoms with Crippen molar-refractivity contribution in [3.05, 3.63) is 64.2 Å². The second-order valence-electron chi connectivity index (χ2n) is 4.24. The van der Waals surface area contributed by atoms with Crippen LogP contribution in [0.5, 0.6) is 5.75 Å². The SMILES string of the molecule is Cc1cc(C)cc(OCc2ccc(Cl)cc2)c1. The van der Waals surface area contributed by atoms with E-state index >= 15 is 0 Å². The van der Waals surface area contributed by atoms with E-state index in [-0.39, 0.29) is 0 Å². The number of benzene rings is 2. The van der Waals surface area contributed by atoms with Crippen molar-refractivity contribution in [1.29, 1.82) is 0 Å². The van der Waals surface area contributed by atoms with Gasteiger partial charge in [-0.05, 0) is 54.8 Å². The Morgan fingerprint density at radius 2 is 1.53 bits per heavy atom. The van der Waals surface area contributed by atoms with Gasteiger partial charge in [-0.15, -0.1) is 0 Å². The molecule has 2 aromatic rings. The van der Waals surface area contributed by atoms with Crippen molar-refractivity contribution < 1.29 is 4.74 Å². The standard InChI is InChI=1S/C15H15ClO/c1-11-7-12(2)9-15(8-11)17-10-13-3-5-14(16)6-4-13/h3-9H,10H2,1-2H3. The highest BCUT2D eigenvalue weighted by molar-refractivity contribution is 6.30. The van der Waals surface area contributed by atoms with E-state index in [0.717, 1.165) is 16.3 Å². The first-order valence-corrected chi connectivity index (χ1v) is 5.97. The molecule has 0 aliphatic carbocycles. The number of ether oxygens (including phenoxy) is 1. The predicted molar refractivity (Wildman–Crippen MR) is 71.7 cm³/mol. The minimum atomic E-state index is 0.570. The molecular formula is C15H15ClO. The molecule has 2 rings (SSSR count). The fraction of sp³-hybridized carbons (Fsp3) is 0.200. The molecule has 1 nitrogen and oxygen atoms in total. The third-order valence-corrected chi connectivity index (χ3v) is 2.77. The molecule has 0 amide bonds. The van der Waals surface area contributed by atoms with Gasteiger partial charge in [0, 0.05) is 5.02 Å². The maximum Gasteiger partial charge on any atom is 0.120 e. The third-order valence-electron chi connectivity index (χ3n) is 2.51. The predicted octanol–water partition coefficient (Wildman–Crippen LogP) is 4.54. The lowest BCUT2D eigenvalue weighted by atomic mass is 10.1. The number of halogens is 1. The van der Waals surface area contributed by atoms with Crippen LogP contribution >= 0.6 is 11.6 Å². The molecule has 0 spiro atoms. The lowest BCUT2D eigenvalue weighted by Crippen LogP contribution is -1.95. The van der Waals surface area contributed by atoms with Crippen LogP contribution in [0.2, 0.25) is 5.02 Å². The van der Waals surface area contributed by atoms with Crippen LogP contribution in [0.1, 0.15) is 16.7 Å². The summed E-state index contributed by atoms with van der Waals surface area (Å²) in [5.41, 5.74) is 3.56. The Labute approximate surface area is 107 Å². The van der Waals surface area contributed by atoms with Crippen molar-refractivity contribution in [2.75, 3.05) is 0 Å². The van der Waals surface area contributed by atoms with E-state index in [1.165, 1.54) is 11.1 Å². The number of aryl methyl sites for hydroxylation is 2. The quantitative estimate of drug-likeness (QED) is 0.773. The van der Waals surface area contributed by atoms with Gasteiger partial charge in [-0.3, -0.25) is 0 Å². The fourth-order valence-corrected chi connectivity index (χ4v) is 1.89. The van der Waals surface area contributed by atoms with Crippen molar-refractivity contribution in [2.45, 2.75) is 20.5 Å². The highest BCUT2D eigenvalue weighted by atomic mass is 35.5. The summed E-state index contributed by atoms with van der Waals surface area (Å²) in [6, 6.07) is 13.9. The average molecular weight is 247 g/mol. The molecular weight excluding hydrogens is 232 g/mol. The molecule has 0 bridgehead atoms. The molecule has 0 heterocycles. The summed E-state index contributed by atoms with van der Waals surface area (Å²) in [5.74, 6) is 0.914. The Balaban J connectivity index is 2.04. The molecule has 0 aromatic heterocycles. The minimum Gasteiger partial charge on any atom is -0.489 e. The topological polar surface area (TPSA) is 9.23 Å². The zero-order valence-electron chi connectivity index (χ0n) is 10.0. The molecule has 0 unspecified atom stereocenters. The Kier molecular flexibility index (Phi) is 3.70. The summed E-state index contributed by atoms with van der Waals surface area (Å²) in [7, 11) is 0. The van der Waals surface area contributed by atoms with Gasteiger partial charge in [-0.2, -0.15) is 0 Å². The maximum absolute atomic E-state index is 5.83. The van der Waals surface area contributed by atoms with Crippen LogP contribution in [-0.2, 0) is 6.61 Å². The first-order chi connectivity index (χ1) is 8.13. The molecule has 88 valence electrons.